The number of thioether (sulfide) groups is 1. The van der Waals surface area contributed by atoms with Crippen LogP contribution in [0.1, 0.15) is 35.8 Å². The average Bonchev–Trinajstić information content (AvgIpc) is 2.75. The van der Waals surface area contributed by atoms with Crippen LogP contribution in [-0.4, -0.2) is 48.7 Å². The maximum Gasteiger partial charge on any atom is 0.282 e. The number of nitrogens with zero attached hydrogens (tertiary/aromatic N) is 2. The molecule has 0 spiro atoms. The Hall–Kier alpha value is -2.58. The summed E-state index contributed by atoms with van der Waals surface area (Å²) in [4.78, 5) is 26.7. The molecule has 0 radical (unpaired) electrons. The third-order valence-corrected chi connectivity index (χ3v) is 5.56. The van der Waals surface area contributed by atoms with E-state index in [4.69, 9.17) is 4.74 Å². The second kappa shape index (κ2) is 10.8. The molecular weight excluding hydrogens is 390 g/mol. The third kappa shape index (κ3) is 5.71. The number of amides is 1. The lowest BCUT2D eigenvalue weighted by Crippen LogP contribution is -2.38. The lowest BCUT2D eigenvalue weighted by Gasteiger charge is -2.30. The number of methoxy groups -OCH3 is 1. The van der Waals surface area contributed by atoms with Gasteiger partial charge in [-0.2, -0.15) is 0 Å². The highest BCUT2D eigenvalue weighted by Crippen LogP contribution is 2.26. The molecule has 2 rings (SSSR count). The van der Waals surface area contributed by atoms with Crippen LogP contribution in [0.5, 0.6) is 5.75 Å². The number of benzene rings is 2. The largest absolute Gasteiger partial charge is 0.497 e. The number of carbonyl (C=O) groups excluding carboxylic acids is 1. The summed E-state index contributed by atoms with van der Waals surface area (Å²) in [6, 6.07) is 12.3. The van der Waals surface area contributed by atoms with Gasteiger partial charge in [-0.05, 0) is 49.2 Å². The maximum absolute atomic E-state index is 12.8. The summed E-state index contributed by atoms with van der Waals surface area (Å²) in [6.07, 6.45) is 1.86. The normalized spacial score (nSPS) is 11.9. The fraction of sp³-hybridized carbons (Fsp3) is 0.381. The molecule has 2 aromatic rings. The minimum atomic E-state index is -0.525. The van der Waals surface area contributed by atoms with E-state index in [0.29, 0.717) is 6.54 Å². The highest BCUT2D eigenvalue weighted by molar-refractivity contribution is 7.98. The number of ether oxygens (including phenoxy) is 1. The summed E-state index contributed by atoms with van der Waals surface area (Å²) in [7, 11) is 1.62. The topological polar surface area (TPSA) is 84.7 Å². The van der Waals surface area contributed by atoms with Crippen LogP contribution in [0.15, 0.2) is 47.4 Å². The number of rotatable bonds is 10. The van der Waals surface area contributed by atoms with E-state index in [1.807, 2.05) is 30.5 Å². The Balaban J connectivity index is 2.29. The average molecular weight is 418 g/mol. The molecule has 0 bridgehead atoms. The maximum atomic E-state index is 12.8. The fourth-order valence-electron chi connectivity index (χ4n) is 3.24. The molecule has 2 aromatic carbocycles. The molecule has 1 amide bonds. The van der Waals surface area contributed by atoms with Crippen molar-refractivity contribution in [2.45, 2.75) is 24.8 Å². The van der Waals surface area contributed by atoms with Gasteiger partial charge in [-0.1, -0.05) is 26.0 Å². The number of hydrogen-bond acceptors (Lipinski definition) is 6. The lowest BCUT2D eigenvalue weighted by molar-refractivity contribution is -0.385. The van der Waals surface area contributed by atoms with E-state index in [1.54, 1.807) is 19.2 Å². The van der Waals surface area contributed by atoms with Crippen molar-refractivity contribution in [1.29, 1.82) is 0 Å². The van der Waals surface area contributed by atoms with Crippen molar-refractivity contribution in [2.75, 3.05) is 33.0 Å². The molecule has 156 valence electrons. The molecule has 7 nitrogen and oxygen atoms in total. The van der Waals surface area contributed by atoms with Crippen molar-refractivity contribution in [2.24, 2.45) is 0 Å². The Kier molecular flexibility index (Phi) is 8.48. The molecule has 1 atom stereocenters. The van der Waals surface area contributed by atoms with E-state index in [0.717, 1.165) is 29.3 Å². The Morgan fingerprint density at radius 2 is 1.97 bits per heavy atom. The SMILES string of the molecule is CCN(CC)C(CNC(=O)c1cc(SC)ccc1[N+](=O)[O-])c1cccc(OC)c1. The monoisotopic (exact) mass is 417 g/mol. The van der Waals surface area contributed by atoms with Crippen LogP contribution < -0.4 is 10.1 Å². The van der Waals surface area contributed by atoms with Gasteiger partial charge in [0.15, 0.2) is 0 Å². The van der Waals surface area contributed by atoms with E-state index < -0.39 is 10.8 Å². The van der Waals surface area contributed by atoms with Gasteiger partial charge < -0.3 is 10.1 Å². The van der Waals surface area contributed by atoms with Crippen LogP contribution in [0.2, 0.25) is 0 Å². The quantitative estimate of drug-likeness (QED) is 0.355. The van der Waals surface area contributed by atoms with E-state index in [-0.39, 0.29) is 17.3 Å². The van der Waals surface area contributed by atoms with Crippen LogP contribution in [0.4, 0.5) is 5.69 Å². The molecule has 1 N–H and O–H groups in total. The molecule has 1 unspecified atom stereocenters. The number of carbonyl (C=O) groups is 1. The van der Waals surface area contributed by atoms with Crippen molar-refractivity contribution >= 4 is 23.4 Å². The van der Waals surface area contributed by atoms with Gasteiger partial charge in [0.2, 0.25) is 0 Å². The number of nitrogens with one attached hydrogen (secondary N) is 1. The highest BCUT2D eigenvalue weighted by Gasteiger charge is 2.24. The van der Waals surface area contributed by atoms with Gasteiger partial charge in [0.25, 0.3) is 11.6 Å². The second-order valence-corrected chi connectivity index (χ2v) is 7.24. The van der Waals surface area contributed by atoms with Crippen molar-refractivity contribution in [1.82, 2.24) is 10.2 Å². The van der Waals surface area contributed by atoms with E-state index >= 15 is 0 Å². The van der Waals surface area contributed by atoms with Crippen LogP contribution in [0, 0.1) is 10.1 Å². The van der Waals surface area contributed by atoms with Gasteiger partial charge in [0.1, 0.15) is 11.3 Å². The molecule has 0 fully saturated rings. The van der Waals surface area contributed by atoms with E-state index in [2.05, 4.69) is 24.1 Å². The summed E-state index contributed by atoms with van der Waals surface area (Å²) < 4.78 is 5.33. The molecule has 0 heterocycles. The first-order chi connectivity index (χ1) is 13.9. The molecule has 8 heteroatoms. The molecule has 0 aromatic heterocycles. The van der Waals surface area contributed by atoms with Gasteiger partial charge in [-0.15, -0.1) is 11.8 Å². The third-order valence-electron chi connectivity index (χ3n) is 4.83. The van der Waals surface area contributed by atoms with Crippen LogP contribution in [-0.2, 0) is 0 Å². The molecule has 0 aliphatic heterocycles. The molecule has 0 saturated heterocycles. The standard InChI is InChI=1S/C21H27N3O4S/c1-5-23(6-2)20(15-8-7-9-16(12-15)28-3)14-22-21(25)18-13-17(29-4)10-11-19(18)24(26)27/h7-13,20H,5-6,14H2,1-4H3,(H,22,25). The minimum Gasteiger partial charge on any atom is -0.497 e. The lowest BCUT2D eigenvalue weighted by atomic mass is 10.0. The van der Waals surface area contributed by atoms with Gasteiger partial charge in [0, 0.05) is 17.5 Å². The first kappa shape index (κ1) is 22.7. The van der Waals surface area contributed by atoms with Crippen LogP contribution in [0.25, 0.3) is 0 Å². The van der Waals surface area contributed by atoms with E-state index in [1.165, 1.54) is 17.8 Å². The van der Waals surface area contributed by atoms with Gasteiger partial charge in [0.05, 0.1) is 18.1 Å². The second-order valence-electron chi connectivity index (χ2n) is 6.36. The number of nitro benzene ring substituents is 1. The Morgan fingerprint density at radius 1 is 1.24 bits per heavy atom. The number of nitro groups is 1. The summed E-state index contributed by atoms with van der Waals surface area (Å²) >= 11 is 1.43. The Morgan fingerprint density at radius 3 is 2.55 bits per heavy atom. The molecule has 29 heavy (non-hydrogen) atoms. The smallest absolute Gasteiger partial charge is 0.282 e. The zero-order valence-corrected chi connectivity index (χ0v) is 18.0. The molecule has 0 aliphatic carbocycles. The summed E-state index contributed by atoms with van der Waals surface area (Å²) in [5, 5.41) is 14.2. The first-order valence-corrected chi connectivity index (χ1v) is 10.7. The summed E-state index contributed by atoms with van der Waals surface area (Å²) in [5.74, 6) is 0.293. The van der Waals surface area contributed by atoms with Crippen molar-refractivity contribution in [3.05, 3.63) is 63.7 Å². The van der Waals surface area contributed by atoms with Gasteiger partial charge in [-0.25, -0.2) is 0 Å². The minimum absolute atomic E-state index is 0.0748. The fourth-order valence-corrected chi connectivity index (χ4v) is 3.68. The Bertz CT molecular complexity index is 856. The Labute approximate surface area is 175 Å². The predicted molar refractivity (Wildman–Crippen MR) is 116 cm³/mol. The van der Waals surface area contributed by atoms with E-state index in [9.17, 15) is 14.9 Å². The number of hydrogen-bond donors (Lipinski definition) is 1. The van der Waals surface area contributed by atoms with Crippen LogP contribution in [0.3, 0.4) is 0 Å². The molecular formula is C21H27N3O4S. The number of likely N-dealkylation sites (N-methyl/N-ethyl adjacent to an activating group) is 1. The van der Waals surface area contributed by atoms with Crippen LogP contribution >= 0.6 is 11.8 Å². The van der Waals surface area contributed by atoms with Gasteiger partial charge >= 0.3 is 0 Å². The van der Waals surface area contributed by atoms with Crippen molar-refractivity contribution in [3.8, 4) is 5.75 Å². The predicted octanol–water partition coefficient (Wildman–Crippen LogP) is 4.14. The molecule has 0 saturated carbocycles. The summed E-state index contributed by atoms with van der Waals surface area (Å²) in [5.41, 5.74) is 0.896. The highest BCUT2D eigenvalue weighted by atomic mass is 32.2. The first-order valence-electron chi connectivity index (χ1n) is 9.43. The molecule has 0 aliphatic rings. The van der Waals surface area contributed by atoms with Gasteiger partial charge in [-0.3, -0.25) is 19.8 Å². The zero-order valence-electron chi connectivity index (χ0n) is 17.2. The summed E-state index contributed by atoms with van der Waals surface area (Å²) in [6.45, 7) is 6.05. The zero-order chi connectivity index (χ0) is 21.4. The van der Waals surface area contributed by atoms with Crippen molar-refractivity contribution < 1.29 is 14.5 Å². The van der Waals surface area contributed by atoms with Crippen molar-refractivity contribution in [3.63, 3.8) is 0 Å².